The van der Waals surface area contributed by atoms with Crippen molar-refractivity contribution in [2.24, 2.45) is 0 Å². The average molecular weight is 262 g/mol. The Morgan fingerprint density at radius 2 is 1.63 bits per heavy atom. The quantitative estimate of drug-likeness (QED) is 0.612. The SMILES string of the molecule is O=c1oc(/C=C\c2ccc(O)c(O)c2)cc(O)c1O. The summed E-state index contributed by atoms with van der Waals surface area (Å²) in [6.07, 6.45) is 2.86. The maximum Gasteiger partial charge on any atom is 0.382 e. The molecule has 0 aliphatic carbocycles. The Balaban J connectivity index is 2.32. The van der Waals surface area contributed by atoms with Crippen LogP contribution in [0.2, 0.25) is 0 Å². The third-order valence-corrected chi connectivity index (χ3v) is 2.37. The van der Waals surface area contributed by atoms with E-state index in [1.54, 1.807) is 0 Å². The van der Waals surface area contributed by atoms with Crippen LogP contribution < -0.4 is 5.63 Å². The lowest BCUT2D eigenvalue weighted by atomic mass is 10.2. The summed E-state index contributed by atoms with van der Waals surface area (Å²) in [6, 6.07) is 5.22. The molecule has 6 heteroatoms. The normalized spacial score (nSPS) is 10.9. The number of hydrogen-bond acceptors (Lipinski definition) is 6. The summed E-state index contributed by atoms with van der Waals surface area (Å²) < 4.78 is 4.70. The van der Waals surface area contributed by atoms with Crippen molar-refractivity contribution in [2.45, 2.75) is 0 Å². The van der Waals surface area contributed by atoms with Gasteiger partial charge in [-0.05, 0) is 23.8 Å². The van der Waals surface area contributed by atoms with E-state index in [9.17, 15) is 15.0 Å². The first kappa shape index (κ1) is 12.6. The van der Waals surface area contributed by atoms with Crippen molar-refractivity contribution in [2.75, 3.05) is 0 Å². The van der Waals surface area contributed by atoms with Crippen molar-refractivity contribution in [3.63, 3.8) is 0 Å². The van der Waals surface area contributed by atoms with Gasteiger partial charge in [-0.3, -0.25) is 0 Å². The number of rotatable bonds is 2. The Hall–Kier alpha value is -2.89. The summed E-state index contributed by atoms with van der Waals surface area (Å²) >= 11 is 0. The third-order valence-electron chi connectivity index (χ3n) is 2.37. The second-order valence-electron chi connectivity index (χ2n) is 3.75. The predicted octanol–water partition coefficient (Wildman–Crippen LogP) is 1.63. The Morgan fingerprint density at radius 1 is 0.895 bits per heavy atom. The monoisotopic (exact) mass is 262 g/mol. The van der Waals surface area contributed by atoms with E-state index in [1.165, 1.54) is 30.4 Å². The van der Waals surface area contributed by atoms with Crippen LogP contribution in [-0.2, 0) is 0 Å². The van der Waals surface area contributed by atoms with Crippen LogP contribution in [-0.4, -0.2) is 20.4 Å². The van der Waals surface area contributed by atoms with E-state index in [-0.39, 0.29) is 17.3 Å². The van der Waals surface area contributed by atoms with Crippen molar-refractivity contribution in [3.05, 3.63) is 46.0 Å². The Kier molecular flexibility index (Phi) is 3.15. The van der Waals surface area contributed by atoms with E-state index in [4.69, 9.17) is 14.6 Å². The van der Waals surface area contributed by atoms with E-state index in [2.05, 4.69) is 0 Å². The minimum absolute atomic E-state index is 0.0351. The molecule has 6 nitrogen and oxygen atoms in total. The summed E-state index contributed by atoms with van der Waals surface area (Å²) in [5, 5.41) is 36.7. The fourth-order valence-corrected chi connectivity index (χ4v) is 1.40. The van der Waals surface area contributed by atoms with Crippen LogP contribution in [0.1, 0.15) is 11.3 Å². The molecule has 0 amide bonds. The zero-order valence-corrected chi connectivity index (χ0v) is 9.57. The molecule has 2 aromatic rings. The van der Waals surface area contributed by atoms with Gasteiger partial charge in [0.05, 0.1) is 0 Å². The maximum absolute atomic E-state index is 11.1. The van der Waals surface area contributed by atoms with Crippen LogP contribution in [0.5, 0.6) is 23.0 Å². The molecule has 19 heavy (non-hydrogen) atoms. The molecule has 4 N–H and O–H groups in total. The van der Waals surface area contributed by atoms with Gasteiger partial charge in [0.2, 0.25) is 5.75 Å². The maximum atomic E-state index is 11.1. The molecule has 0 aliphatic heterocycles. The fourth-order valence-electron chi connectivity index (χ4n) is 1.40. The highest BCUT2D eigenvalue weighted by Gasteiger charge is 2.07. The summed E-state index contributed by atoms with van der Waals surface area (Å²) in [6.45, 7) is 0. The van der Waals surface area contributed by atoms with Crippen LogP contribution in [0.4, 0.5) is 0 Å². The van der Waals surface area contributed by atoms with Crippen molar-refractivity contribution in [1.82, 2.24) is 0 Å². The summed E-state index contributed by atoms with van der Waals surface area (Å²) in [7, 11) is 0. The van der Waals surface area contributed by atoms with Gasteiger partial charge in [0.1, 0.15) is 5.76 Å². The van der Waals surface area contributed by atoms with Crippen molar-refractivity contribution >= 4 is 12.2 Å². The molecule has 1 aromatic carbocycles. The van der Waals surface area contributed by atoms with Gasteiger partial charge >= 0.3 is 5.63 Å². The molecule has 0 aliphatic rings. The van der Waals surface area contributed by atoms with Crippen LogP contribution in [0.25, 0.3) is 12.2 Å². The molecule has 2 rings (SSSR count). The second kappa shape index (κ2) is 4.77. The standard InChI is InChI=1S/C13H10O6/c14-9-4-2-7(5-10(9)15)1-3-8-6-11(16)12(17)13(18)19-8/h1-6,14-17H/b3-1-. The van der Waals surface area contributed by atoms with Crippen molar-refractivity contribution in [3.8, 4) is 23.0 Å². The first-order valence-corrected chi connectivity index (χ1v) is 5.23. The van der Waals surface area contributed by atoms with Crippen LogP contribution >= 0.6 is 0 Å². The second-order valence-corrected chi connectivity index (χ2v) is 3.75. The number of hydrogen-bond donors (Lipinski definition) is 4. The molecule has 98 valence electrons. The molecule has 0 bridgehead atoms. The van der Waals surface area contributed by atoms with E-state index in [0.717, 1.165) is 6.07 Å². The molecule has 0 radical (unpaired) electrons. The summed E-state index contributed by atoms with van der Waals surface area (Å²) in [5.41, 5.74) is -0.501. The lowest BCUT2D eigenvalue weighted by Crippen LogP contribution is -1.98. The van der Waals surface area contributed by atoms with Gasteiger partial charge in [-0.2, -0.15) is 0 Å². The Labute approximate surface area is 107 Å². The van der Waals surface area contributed by atoms with Crippen molar-refractivity contribution in [1.29, 1.82) is 0 Å². The smallest absolute Gasteiger partial charge is 0.382 e. The minimum Gasteiger partial charge on any atom is -0.504 e. The van der Waals surface area contributed by atoms with E-state index in [1.807, 2.05) is 0 Å². The minimum atomic E-state index is -1.05. The van der Waals surface area contributed by atoms with Gasteiger partial charge < -0.3 is 24.8 Å². The summed E-state index contributed by atoms with van der Waals surface area (Å²) in [5.74, 6) is -1.92. The van der Waals surface area contributed by atoms with E-state index in [0.29, 0.717) is 5.56 Å². The molecular weight excluding hydrogens is 252 g/mol. The highest BCUT2D eigenvalue weighted by Crippen LogP contribution is 2.26. The zero-order valence-electron chi connectivity index (χ0n) is 9.57. The first-order valence-electron chi connectivity index (χ1n) is 5.23. The Bertz CT molecular complexity index is 699. The summed E-state index contributed by atoms with van der Waals surface area (Å²) in [4.78, 5) is 11.1. The highest BCUT2D eigenvalue weighted by molar-refractivity contribution is 5.69. The molecule has 0 unspecified atom stereocenters. The first-order chi connectivity index (χ1) is 8.97. The van der Waals surface area contributed by atoms with Crippen molar-refractivity contribution < 1.29 is 24.8 Å². The molecule has 0 saturated heterocycles. The Morgan fingerprint density at radius 3 is 2.26 bits per heavy atom. The number of phenolic OH excluding ortho intramolecular Hbond substituents is 2. The molecular formula is C13H10O6. The molecule has 0 atom stereocenters. The van der Waals surface area contributed by atoms with Gasteiger partial charge in [0.15, 0.2) is 17.2 Å². The number of aromatic hydroxyl groups is 4. The van der Waals surface area contributed by atoms with Gasteiger partial charge in [0.25, 0.3) is 0 Å². The molecule has 1 aromatic heterocycles. The van der Waals surface area contributed by atoms with Crippen LogP contribution in [0.15, 0.2) is 33.5 Å². The topological polar surface area (TPSA) is 111 Å². The zero-order chi connectivity index (χ0) is 14.0. The van der Waals surface area contributed by atoms with E-state index >= 15 is 0 Å². The lowest BCUT2D eigenvalue weighted by molar-refractivity contribution is 0.362. The average Bonchev–Trinajstić information content (AvgIpc) is 2.37. The largest absolute Gasteiger partial charge is 0.504 e. The molecule has 1 heterocycles. The number of benzene rings is 1. The van der Waals surface area contributed by atoms with Crippen LogP contribution in [0.3, 0.4) is 0 Å². The molecule has 0 spiro atoms. The predicted molar refractivity (Wildman–Crippen MR) is 67.0 cm³/mol. The highest BCUT2D eigenvalue weighted by atomic mass is 16.4. The van der Waals surface area contributed by atoms with Crippen LogP contribution in [0, 0.1) is 0 Å². The van der Waals surface area contributed by atoms with E-state index < -0.39 is 17.1 Å². The fraction of sp³-hybridized carbons (Fsp3) is 0. The third kappa shape index (κ3) is 2.68. The van der Waals surface area contributed by atoms with Gasteiger partial charge in [-0.25, -0.2) is 4.79 Å². The van der Waals surface area contributed by atoms with Gasteiger partial charge in [0, 0.05) is 6.07 Å². The number of phenols is 2. The molecule has 0 fully saturated rings. The lowest BCUT2D eigenvalue weighted by Gasteiger charge is -1.99. The molecule has 0 saturated carbocycles. The van der Waals surface area contributed by atoms with Gasteiger partial charge in [-0.15, -0.1) is 0 Å². The van der Waals surface area contributed by atoms with Gasteiger partial charge in [-0.1, -0.05) is 12.1 Å².